The molecule has 2 heterocycles. The van der Waals surface area contributed by atoms with Crippen molar-refractivity contribution in [3.8, 4) is 11.1 Å². The van der Waals surface area contributed by atoms with E-state index in [1.54, 1.807) is 12.4 Å². The summed E-state index contributed by atoms with van der Waals surface area (Å²) in [5.41, 5.74) is 3.50. The number of rotatable bonds is 4. The zero-order valence-electron chi connectivity index (χ0n) is 13.0. The molecular weight excluding hydrogens is 272 g/mol. The molecule has 0 aliphatic rings. The summed E-state index contributed by atoms with van der Waals surface area (Å²) in [7, 11) is 0. The number of pyridine rings is 2. The highest BCUT2D eigenvalue weighted by molar-refractivity contribution is 5.95. The number of aromatic nitrogens is 2. The maximum absolute atomic E-state index is 12.6. The second-order valence-electron chi connectivity index (χ2n) is 5.68. The van der Waals surface area contributed by atoms with Crippen molar-refractivity contribution in [2.24, 2.45) is 0 Å². The Bertz CT molecular complexity index is 847. The van der Waals surface area contributed by atoms with Crippen LogP contribution < -0.4 is 5.56 Å². The molecular formula is C19H20N2O. The van der Waals surface area contributed by atoms with Gasteiger partial charge in [-0.3, -0.25) is 9.78 Å². The van der Waals surface area contributed by atoms with Gasteiger partial charge in [0.15, 0.2) is 0 Å². The Hall–Kier alpha value is -2.42. The van der Waals surface area contributed by atoms with Crippen LogP contribution >= 0.6 is 0 Å². The summed E-state index contributed by atoms with van der Waals surface area (Å²) < 4.78 is 1.82. The number of fused-ring (bicyclic) bond motifs is 1. The van der Waals surface area contributed by atoms with Crippen LogP contribution in [0, 0.1) is 6.92 Å². The molecule has 0 aliphatic carbocycles. The fourth-order valence-corrected chi connectivity index (χ4v) is 2.70. The van der Waals surface area contributed by atoms with Gasteiger partial charge in [-0.2, -0.15) is 0 Å². The quantitative estimate of drug-likeness (QED) is 0.723. The van der Waals surface area contributed by atoms with Gasteiger partial charge in [-0.25, -0.2) is 0 Å². The molecule has 2 aromatic heterocycles. The molecule has 1 aromatic carbocycles. The van der Waals surface area contributed by atoms with Crippen molar-refractivity contribution >= 4 is 10.8 Å². The van der Waals surface area contributed by atoms with Crippen LogP contribution in [0.25, 0.3) is 21.9 Å². The van der Waals surface area contributed by atoms with Crippen molar-refractivity contribution in [2.45, 2.75) is 33.2 Å². The molecule has 0 saturated carbocycles. The molecule has 0 radical (unpaired) electrons. The molecule has 3 rings (SSSR count). The van der Waals surface area contributed by atoms with E-state index in [0.717, 1.165) is 35.9 Å². The first-order valence-corrected chi connectivity index (χ1v) is 7.75. The molecule has 0 unspecified atom stereocenters. The largest absolute Gasteiger partial charge is 0.314 e. The van der Waals surface area contributed by atoms with Crippen LogP contribution in [0.2, 0.25) is 0 Å². The molecule has 0 atom stereocenters. The highest BCUT2D eigenvalue weighted by atomic mass is 16.1. The Balaban J connectivity index is 2.25. The lowest BCUT2D eigenvalue weighted by molar-refractivity contribution is 0.617. The van der Waals surface area contributed by atoms with Crippen LogP contribution in [0.5, 0.6) is 0 Å². The molecule has 0 amide bonds. The second kappa shape index (κ2) is 6.14. The van der Waals surface area contributed by atoms with Gasteiger partial charge in [-0.05, 0) is 30.4 Å². The average molecular weight is 292 g/mol. The third-order valence-corrected chi connectivity index (χ3v) is 4.00. The standard InChI is InChI=1S/C19H20N2O/c1-3-4-11-21-13-18(15-7-5-14(2)6-8-15)16-9-10-20-12-17(16)19(21)22/h5-10,12-13H,3-4,11H2,1-2H3. The maximum atomic E-state index is 12.6. The molecule has 3 nitrogen and oxygen atoms in total. The number of nitrogens with zero attached hydrogens (tertiary/aromatic N) is 2. The van der Waals surface area contributed by atoms with E-state index < -0.39 is 0 Å². The van der Waals surface area contributed by atoms with E-state index in [9.17, 15) is 4.79 Å². The van der Waals surface area contributed by atoms with Crippen molar-refractivity contribution in [3.05, 3.63) is 64.8 Å². The molecule has 3 heteroatoms. The lowest BCUT2D eigenvalue weighted by atomic mass is 10.0. The van der Waals surface area contributed by atoms with E-state index in [1.165, 1.54) is 5.56 Å². The number of unbranched alkanes of at least 4 members (excludes halogenated alkanes) is 1. The van der Waals surface area contributed by atoms with Gasteiger partial charge in [-0.15, -0.1) is 0 Å². The highest BCUT2D eigenvalue weighted by Crippen LogP contribution is 2.26. The molecule has 112 valence electrons. The number of aryl methyl sites for hydroxylation is 2. The fourth-order valence-electron chi connectivity index (χ4n) is 2.70. The number of hydrogen-bond donors (Lipinski definition) is 0. The van der Waals surface area contributed by atoms with Crippen LogP contribution in [-0.2, 0) is 6.54 Å². The predicted octanol–water partition coefficient (Wildman–Crippen LogP) is 4.17. The molecule has 0 fully saturated rings. The molecule has 3 aromatic rings. The molecule has 0 aliphatic heterocycles. The Morgan fingerprint density at radius 3 is 2.59 bits per heavy atom. The van der Waals surface area contributed by atoms with Crippen LogP contribution in [0.3, 0.4) is 0 Å². The smallest absolute Gasteiger partial charge is 0.260 e. The molecule has 0 saturated heterocycles. The molecule has 0 N–H and O–H groups in total. The third kappa shape index (κ3) is 2.67. The van der Waals surface area contributed by atoms with Crippen LogP contribution in [0.4, 0.5) is 0 Å². The van der Waals surface area contributed by atoms with Crippen molar-refractivity contribution in [1.82, 2.24) is 9.55 Å². The second-order valence-corrected chi connectivity index (χ2v) is 5.68. The summed E-state index contributed by atoms with van der Waals surface area (Å²) in [5.74, 6) is 0. The Kier molecular flexibility index (Phi) is 4.05. The van der Waals surface area contributed by atoms with Gasteiger partial charge in [0, 0.05) is 30.7 Å². The van der Waals surface area contributed by atoms with Crippen molar-refractivity contribution in [1.29, 1.82) is 0 Å². The van der Waals surface area contributed by atoms with Crippen LogP contribution in [0.1, 0.15) is 25.3 Å². The molecule has 0 bridgehead atoms. The summed E-state index contributed by atoms with van der Waals surface area (Å²) in [6.07, 6.45) is 7.48. The fraction of sp³-hybridized carbons (Fsp3) is 0.263. The predicted molar refractivity (Wildman–Crippen MR) is 91.1 cm³/mol. The maximum Gasteiger partial charge on any atom is 0.260 e. The first kappa shape index (κ1) is 14.5. The lowest BCUT2D eigenvalue weighted by Crippen LogP contribution is -2.20. The topological polar surface area (TPSA) is 34.9 Å². The average Bonchev–Trinajstić information content (AvgIpc) is 2.55. The third-order valence-electron chi connectivity index (χ3n) is 4.00. The van der Waals surface area contributed by atoms with E-state index >= 15 is 0 Å². The van der Waals surface area contributed by atoms with Crippen LogP contribution in [-0.4, -0.2) is 9.55 Å². The minimum atomic E-state index is 0.0485. The summed E-state index contributed by atoms with van der Waals surface area (Å²) in [6, 6.07) is 10.3. The summed E-state index contributed by atoms with van der Waals surface area (Å²) in [5, 5.41) is 1.66. The zero-order chi connectivity index (χ0) is 15.5. The van der Waals surface area contributed by atoms with Gasteiger partial charge in [-0.1, -0.05) is 43.2 Å². The van der Waals surface area contributed by atoms with E-state index in [4.69, 9.17) is 0 Å². The first-order valence-electron chi connectivity index (χ1n) is 7.75. The van der Waals surface area contributed by atoms with Gasteiger partial charge in [0.1, 0.15) is 0 Å². The van der Waals surface area contributed by atoms with E-state index in [1.807, 2.05) is 16.8 Å². The normalized spacial score (nSPS) is 11.0. The number of hydrogen-bond acceptors (Lipinski definition) is 2. The summed E-state index contributed by atoms with van der Waals surface area (Å²) >= 11 is 0. The Labute approximate surface area is 130 Å². The van der Waals surface area contributed by atoms with E-state index in [-0.39, 0.29) is 5.56 Å². The highest BCUT2D eigenvalue weighted by Gasteiger charge is 2.10. The molecule has 0 spiro atoms. The van der Waals surface area contributed by atoms with Gasteiger partial charge < -0.3 is 4.57 Å². The SMILES string of the molecule is CCCCn1cc(-c2ccc(C)cc2)c2ccncc2c1=O. The van der Waals surface area contributed by atoms with Crippen LogP contribution in [0.15, 0.2) is 53.7 Å². The van der Waals surface area contributed by atoms with Gasteiger partial charge in [0.05, 0.1) is 5.39 Å². The monoisotopic (exact) mass is 292 g/mol. The minimum Gasteiger partial charge on any atom is -0.314 e. The number of benzene rings is 1. The Morgan fingerprint density at radius 1 is 1.09 bits per heavy atom. The molecule has 22 heavy (non-hydrogen) atoms. The Morgan fingerprint density at radius 2 is 1.86 bits per heavy atom. The van der Waals surface area contributed by atoms with Gasteiger partial charge >= 0.3 is 0 Å². The van der Waals surface area contributed by atoms with Crippen molar-refractivity contribution in [2.75, 3.05) is 0 Å². The van der Waals surface area contributed by atoms with E-state index in [2.05, 4.69) is 43.1 Å². The summed E-state index contributed by atoms with van der Waals surface area (Å²) in [6.45, 7) is 4.96. The lowest BCUT2D eigenvalue weighted by Gasteiger charge is -2.12. The zero-order valence-corrected chi connectivity index (χ0v) is 13.0. The summed E-state index contributed by atoms with van der Waals surface area (Å²) in [4.78, 5) is 16.7. The van der Waals surface area contributed by atoms with Gasteiger partial charge in [0.2, 0.25) is 0 Å². The van der Waals surface area contributed by atoms with Crippen molar-refractivity contribution < 1.29 is 0 Å². The minimum absolute atomic E-state index is 0.0485. The van der Waals surface area contributed by atoms with Gasteiger partial charge in [0.25, 0.3) is 5.56 Å². The van der Waals surface area contributed by atoms with E-state index in [0.29, 0.717) is 5.39 Å². The van der Waals surface area contributed by atoms with Crippen molar-refractivity contribution in [3.63, 3.8) is 0 Å². The first-order chi connectivity index (χ1) is 10.7.